The Hall–Kier alpha value is -1.94. The summed E-state index contributed by atoms with van der Waals surface area (Å²) in [7, 11) is 0. The number of hydrogen-bond acceptors (Lipinski definition) is 2. The first-order valence-corrected chi connectivity index (χ1v) is 5.45. The van der Waals surface area contributed by atoms with Gasteiger partial charge in [0.15, 0.2) is 0 Å². The van der Waals surface area contributed by atoms with Crippen LogP contribution in [-0.2, 0) is 13.2 Å². The van der Waals surface area contributed by atoms with Crippen LogP contribution in [0.1, 0.15) is 11.1 Å². The van der Waals surface area contributed by atoms with Gasteiger partial charge in [0.05, 0.1) is 6.61 Å². The van der Waals surface area contributed by atoms with Crippen LogP contribution in [0.3, 0.4) is 0 Å². The second-order valence-electron chi connectivity index (χ2n) is 3.83. The summed E-state index contributed by atoms with van der Waals surface area (Å²) in [4.78, 5) is 0. The molecule has 2 nitrogen and oxygen atoms in total. The highest BCUT2D eigenvalue weighted by atomic mass is 19.1. The molecule has 0 unspecified atom stereocenters. The smallest absolute Gasteiger partial charge is 0.132 e. The van der Waals surface area contributed by atoms with Gasteiger partial charge in [-0.2, -0.15) is 0 Å². The van der Waals surface area contributed by atoms with Gasteiger partial charge in [-0.05, 0) is 29.8 Å². The molecule has 2 aromatic carbocycles. The van der Waals surface area contributed by atoms with Crippen molar-refractivity contribution in [1.29, 1.82) is 0 Å². The van der Waals surface area contributed by atoms with Gasteiger partial charge < -0.3 is 9.84 Å². The Morgan fingerprint density at radius 2 is 1.72 bits per heavy atom. The van der Waals surface area contributed by atoms with E-state index in [1.807, 2.05) is 0 Å². The van der Waals surface area contributed by atoms with E-state index >= 15 is 0 Å². The molecule has 0 spiro atoms. The summed E-state index contributed by atoms with van der Waals surface area (Å²) in [6.45, 7) is -0.00252. The minimum absolute atomic E-state index is 0.0323. The predicted molar refractivity (Wildman–Crippen MR) is 63.1 cm³/mol. The molecular weight excluding hydrogens is 238 g/mol. The second-order valence-corrected chi connectivity index (χ2v) is 3.83. The fourth-order valence-electron chi connectivity index (χ4n) is 1.49. The quantitative estimate of drug-likeness (QED) is 0.903. The number of aliphatic hydroxyl groups is 1. The topological polar surface area (TPSA) is 29.5 Å². The lowest BCUT2D eigenvalue weighted by molar-refractivity contribution is 0.280. The molecule has 1 N–H and O–H groups in total. The molecule has 2 aromatic rings. The Bertz CT molecular complexity index is 524. The minimum Gasteiger partial charge on any atom is -0.489 e. The van der Waals surface area contributed by atoms with Gasteiger partial charge >= 0.3 is 0 Å². The fraction of sp³-hybridized carbons (Fsp3) is 0.143. The maximum atomic E-state index is 13.3. The second kappa shape index (κ2) is 5.60. The van der Waals surface area contributed by atoms with E-state index in [1.54, 1.807) is 24.3 Å². The minimum atomic E-state index is -0.623. The van der Waals surface area contributed by atoms with Gasteiger partial charge in [-0.15, -0.1) is 0 Å². The van der Waals surface area contributed by atoms with Crippen LogP contribution in [0.4, 0.5) is 8.78 Å². The third-order valence-electron chi connectivity index (χ3n) is 2.52. The van der Waals surface area contributed by atoms with E-state index < -0.39 is 11.6 Å². The van der Waals surface area contributed by atoms with Crippen molar-refractivity contribution >= 4 is 0 Å². The van der Waals surface area contributed by atoms with E-state index in [-0.39, 0.29) is 13.2 Å². The van der Waals surface area contributed by atoms with Gasteiger partial charge in [-0.3, -0.25) is 0 Å². The zero-order valence-electron chi connectivity index (χ0n) is 9.57. The highest BCUT2D eigenvalue weighted by Crippen LogP contribution is 2.16. The van der Waals surface area contributed by atoms with Crippen molar-refractivity contribution in [2.24, 2.45) is 0 Å². The average molecular weight is 250 g/mol. The Labute approximate surface area is 103 Å². The summed E-state index contributed by atoms with van der Waals surface area (Å²) in [6, 6.07) is 10.2. The summed E-state index contributed by atoms with van der Waals surface area (Å²) in [5, 5.41) is 8.87. The van der Waals surface area contributed by atoms with Gasteiger partial charge in [0.2, 0.25) is 0 Å². The van der Waals surface area contributed by atoms with Crippen LogP contribution in [0.15, 0.2) is 42.5 Å². The lowest BCUT2D eigenvalue weighted by atomic mass is 10.2. The molecule has 0 aliphatic rings. The first-order valence-electron chi connectivity index (χ1n) is 5.45. The monoisotopic (exact) mass is 250 g/mol. The van der Waals surface area contributed by atoms with Crippen LogP contribution in [0.25, 0.3) is 0 Å². The van der Waals surface area contributed by atoms with E-state index in [0.717, 1.165) is 11.6 Å². The van der Waals surface area contributed by atoms with E-state index in [0.29, 0.717) is 11.3 Å². The number of halogens is 2. The molecular formula is C14H12F2O2. The maximum absolute atomic E-state index is 13.3. The van der Waals surface area contributed by atoms with Crippen molar-refractivity contribution in [3.05, 3.63) is 65.2 Å². The molecule has 0 aliphatic heterocycles. The normalized spacial score (nSPS) is 10.4. The van der Waals surface area contributed by atoms with E-state index in [9.17, 15) is 8.78 Å². The van der Waals surface area contributed by atoms with Crippen molar-refractivity contribution in [1.82, 2.24) is 0 Å². The molecule has 94 valence electrons. The Kier molecular flexibility index (Phi) is 3.89. The molecule has 0 aromatic heterocycles. The van der Waals surface area contributed by atoms with E-state index in [2.05, 4.69) is 0 Å². The molecule has 4 heteroatoms. The number of rotatable bonds is 4. The summed E-state index contributed by atoms with van der Waals surface area (Å²) in [6.07, 6.45) is 0. The van der Waals surface area contributed by atoms with Gasteiger partial charge in [0.1, 0.15) is 24.0 Å². The van der Waals surface area contributed by atoms with Crippen LogP contribution in [0.2, 0.25) is 0 Å². The van der Waals surface area contributed by atoms with Crippen LogP contribution in [0.5, 0.6) is 5.75 Å². The van der Waals surface area contributed by atoms with Crippen molar-refractivity contribution < 1.29 is 18.6 Å². The highest BCUT2D eigenvalue weighted by Gasteiger charge is 2.04. The van der Waals surface area contributed by atoms with E-state index in [1.165, 1.54) is 12.1 Å². The number of ether oxygens (including phenoxy) is 1. The van der Waals surface area contributed by atoms with Crippen molar-refractivity contribution in [3.8, 4) is 5.75 Å². The maximum Gasteiger partial charge on any atom is 0.132 e. The molecule has 0 bridgehead atoms. The summed E-state index contributed by atoms with van der Waals surface area (Å²) in [5.41, 5.74) is 1.07. The summed E-state index contributed by atoms with van der Waals surface area (Å²) in [5.74, 6) is -0.665. The third-order valence-corrected chi connectivity index (χ3v) is 2.52. The molecule has 0 fully saturated rings. The largest absolute Gasteiger partial charge is 0.489 e. The van der Waals surface area contributed by atoms with Gasteiger partial charge in [0, 0.05) is 11.6 Å². The number of hydrogen-bond donors (Lipinski definition) is 1. The van der Waals surface area contributed by atoms with Crippen molar-refractivity contribution in [3.63, 3.8) is 0 Å². The first kappa shape index (κ1) is 12.5. The lowest BCUT2D eigenvalue weighted by Gasteiger charge is -2.07. The molecule has 2 rings (SSSR count). The highest BCUT2D eigenvalue weighted by molar-refractivity contribution is 5.27. The SMILES string of the molecule is OCc1ccc(OCc2ccc(F)cc2F)cc1. The van der Waals surface area contributed by atoms with Crippen LogP contribution < -0.4 is 4.74 Å². The average Bonchev–Trinajstić information content (AvgIpc) is 2.38. The Balaban J connectivity index is 2.02. The molecule has 0 radical (unpaired) electrons. The van der Waals surface area contributed by atoms with Gasteiger partial charge in [-0.1, -0.05) is 12.1 Å². The van der Waals surface area contributed by atoms with Crippen LogP contribution >= 0.6 is 0 Å². The van der Waals surface area contributed by atoms with Gasteiger partial charge in [0.25, 0.3) is 0 Å². The zero-order valence-corrected chi connectivity index (χ0v) is 9.57. The predicted octanol–water partition coefficient (Wildman–Crippen LogP) is 3.04. The fourth-order valence-corrected chi connectivity index (χ4v) is 1.49. The Morgan fingerprint density at radius 1 is 1.00 bits per heavy atom. The molecule has 18 heavy (non-hydrogen) atoms. The molecule has 0 amide bonds. The van der Waals surface area contributed by atoms with Crippen LogP contribution in [0, 0.1) is 11.6 Å². The third kappa shape index (κ3) is 3.05. The van der Waals surface area contributed by atoms with Crippen molar-refractivity contribution in [2.75, 3.05) is 0 Å². The lowest BCUT2D eigenvalue weighted by Crippen LogP contribution is -1.99. The molecule has 0 saturated carbocycles. The zero-order chi connectivity index (χ0) is 13.0. The van der Waals surface area contributed by atoms with Crippen molar-refractivity contribution in [2.45, 2.75) is 13.2 Å². The van der Waals surface area contributed by atoms with Gasteiger partial charge in [-0.25, -0.2) is 8.78 Å². The van der Waals surface area contributed by atoms with Crippen LogP contribution in [-0.4, -0.2) is 5.11 Å². The summed E-state index contributed by atoms with van der Waals surface area (Å²) < 4.78 is 31.4. The Morgan fingerprint density at radius 3 is 2.33 bits per heavy atom. The summed E-state index contributed by atoms with van der Waals surface area (Å²) >= 11 is 0. The molecule has 0 heterocycles. The number of benzene rings is 2. The first-order chi connectivity index (χ1) is 8.69. The number of aliphatic hydroxyl groups excluding tert-OH is 1. The molecule has 0 saturated heterocycles. The standard InChI is InChI=1S/C14H12F2O2/c15-12-4-3-11(14(16)7-12)9-18-13-5-1-10(8-17)2-6-13/h1-7,17H,8-9H2. The molecule has 0 atom stereocenters. The van der Waals surface area contributed by atoms with E-state index in [4.69, 9.17) is 9.84 Å². The molecule has 0 aliphatic carbocycles.